The van der Waals surface area contributed by atoms with Gasteiger partial charge in [-0.2, -0.15) is 0 Å². The van der Waals surface area contributed by atoms with E-state index in [0.29, 0.717) is 6.54 Å². The molecule has 0 radical (unpaired) electrons. The molecule has 1 atom stereocenters. The van der Waals surface area contributed by atoms with E-state index in [4.69, 9.17) is 0 Å². The smallest absolute Gasteiger partial charge is 0.0919 e. The average molecular weight is 250 g/mol. The molecule has 0 heterocycles. The minimum absolute atomic E-state index is 0.405. The number of aryl methyl sites for hydroxylation is 2. The number of likely N-dealkylation sites (N-methyl/N-ethyl adjacent to an activating group) is 2. The molecule has 1 aromatic carbocycles. The Morgan fingerprint density at radius 3 is 2.33 bits per heavy atom. The normalized spacial score (nSPS) is 13.3. The van der Waals surface area contributed by atoms with Gasteiger partial charge in [0.15, 0.2) is 0 Å². The van der Waals surface area contributed by atoms with Gasteiger partial charge in [0.2, 0.25) is 0 Å². The van der Waals surface area contributed by atoms with Crippen molar-refractivity contribution in [3.8, 4) is 0 Å². The third-order valence-electron chi connectivity index (χ3n) is 3.20. The molecule has 1 aromatic rings. The molecule has 0 spiro atoms. The van der Waals surface area contributed by atoms with Crippen molar-refractivity contribution in [3.05, 3.63) is 34.9 Å². The third kappa shape index (κ3) is 4.77. The molecule has 0 saturated heterocycles. The molecule has 3 nitrogen and oxygen atoms in total. The van der Waals surface area contributed by atoms with Crippen LogP contribution < -0.4 is 0 Å². The number of hydrogen-bond acceptors (Lipinski definition) is 3. The number of aliphatic hydroxyl groups is 1. The second kappa shape index (κ2) is 6.88. The first-order valence-electron chi connectivity index (χ1n) is 6.48. The summed E-state index contributed by atoms with van der Waals surface area (Å²) >= 11 is 0. The van der Waals surface area contributed by atoms with Gasteiger partial charge in [0.1, 0.15) is 0 Å². The van der Waals surface area contributed by atoms with Gasteiger partial charge in [0, 0.05) is 19.6 Å². The summed E-state index contributed by atoms with van der Waals surface area (Å²) in [6.45, 7) is 6.79. The van der Waals surface area contributed by atoms with Crippen molar-refractivity contribution in [3.63, 3.8) is 0 Å². The summed E-state index contributed by atoms with van der Waals surface area (Å²) in [5.74, 6) is 0. The highest BCUT2D eigenvalue weighted by Gasteiger charge is 2.12. The number of nitrogens with zero attached hydrogens (tertiary/aromatic N) is 2. The van der Waals surface area contributed by atoms with Gasteiger partial charge in [-0.1, -0.05) is 23.8 Å². The van der Waals surface area contributed by atoms with Crippen LogP contribution in [0.4, 0.5) is 0 Å². The first-order chi connectivity index (χ1) is 8.40. The summed E-state index contributed by atoms with van der Waals surface area (Å²) in [5, 5.41) is 10.3. The van der Waals surface area contributed by atoms with Gasteiger partial charge in [-0.05, 0) is 46.1 Å². The Labute approximate surface area is 111 Å². The molecule has 1 unspecified atom stereocenters. The topological polar surface area (TPSA) is 26.7 Å². The monoisotopic (exact) mass is 250 g/mol. The molecule has 0 fully saturated rings. The molecule has 0 amide bonds. The fourth-order valence-electron chi connectivity index (χ4n) is 2.06. The molecule has 0 saturated carbocycles. The molecule has 18 heavy (non-hydrogen) atoms. The van der Waals surface area contributed by atoms with Crippen LogP contribution in [0.2, 0.25) is 0 Å². The first-order valence-corrected chi connectivity index (χ1v) is 6.48. The van der Waals surface area contributed by atoms with Gasteiger partial charge < -0.3 is 14.9 Å². The summed E-state index contributed by atoms with van der Waals surface area (Å²) in [6, 6.07) is 6.22. The van der Waals surface area contributed by atoms with Crippen molar-refractivity contribution in [2.45, 2.75) is 20.0 Å². The van der Waals surface area contributed by atoms with E-state index in [2.05, 4.69) is 56.9 Å². The van der Waals surface area contributed by atoms with E-state index in [1.54, 1.807) is 0 Å². The fourth-order valence-corrected chi connectivity index (χ4v) is 2.06. The predicted molar refractivity (Wildman–Crippen MR) is 76.9 cm³/mol. The van der Waals surface area contributed by atoms with E-state index < -0.39 is 6.10 Å². The van der Waals surface area contributed by atoms with Gasteiger partial charge >= 0.3 is 0 Å². The van der Waals surface area contributed by atoms with Crippen molar-refractivity contribution in [1.29, 1.82) is 0 Å². The molecule has 0 aliphatic rings. The van der Waals surface area contributed by atoms with Gasteiger partial charge in [0.05, 0.1) is 6.10 Å². The molecular weight excluding hydrogens is 224 g/mol. The highest BCUT2D eigenvalue weighted by atomic mass is 16.3. The van der Waals surface area contributed by atoms with Crippen molar-refractivity contribution in [2.24, 2.45) is 0 Å². The van der Waals surface area contributed by atoms with Crippen LogP contribution in [0, 0.1) is 13.8 Å². The van der Waals surface area contributed by atoms with Crippen molar-refractivity contribution in [2.75, 3.05) is 40.8 Å². The fraction of sp³-hybridized carbons (Fsp3) is 0.600. The van der Waals surface area contributed by atoms with E-state index in [-0.39, 0.29) is 0 Å². The van der Waals surface area contributed by atoms with Crippen LogP contribution in [0.5, 0.6) is 0 Å². The minimum atomic E-state index is -0.405. The molecule has 1 rings (SSSR count). The van der Waals surface area contributed by atoms with E-state index in [9.17, 15) is 5.11 Å². The van der Waals surface area contributed by atoms with E-state index >= 15 is 0 Å². The summed E-state index contributed by atoms with van der Waals surface area (Å²) in [6.07, 6.45) is -0.405. The number of hydrogen-bond donors (Lipinski definition) is 1. The lowest BCUT2D eigenvalue weighted by Gasteiger charge is -2.23. The van der Waals surface area contributed by atoms with Crippen molar-refractivity contribution >= 4 is 0 Å². The molecule has 0 aliphatic carbocycles. The van der Waals surface area contributed by atoms with E-state index in [0.717, 1.165) is 18.7 Å². The van der Waals surface area contributed by atoms with Crippen LogP contribution in [0.1, 0.15) is 22.8 Å². The average Bonchev–Trinajstić information content (AvgIpc) is 2.26. The molecular formula is C15H26N2O. The third-order valence-corrected chi connectivity index (χ3v) is 3.20. The highest BCUT2D eigenvalue weighted by molar-refractivity contribution is 5.32. The Kier molecular flexibility index (Phi) is 5.79. The van der Waals surface area contributed by atoms with E-state index in [1.165, 1.54) is 11.1 Å². The first kappa shape index (κ1) is 15.2. The number of aliphatic hydroxyl groups excluding tert-OH is 1. The van der Waals surface area contributed by atoms with Crippen LogP contribution >= 0.6 is 0 Å². The summed E-state index contributed by atoms with van der Waals surface area (Å²) in [5.41, 5.74) is 3.45. The van der Waals surface area contributed by atoms with Gasteiger partial charge in [-0.25, -0.2) is 0 Å². The Morgan fingerprint density at radius 1 is 1.11 bits per heavy atom. The van der Waals surface area contributed by atoms with Gasteiger partial charge in [0.25, 0.3) is 0 Å². The van der Waals surface area contributed by atoms with Crippen molar-refractivity contribution < 1.29 is 5.11 Å². The Balaban J connectivity index is 2.56. The number of rotatable bonds is 6. The Hall–Kier alpha value is -0.900. The molecule has 0 aliphatic heterocycles. The number of benzene rings is 1. The summed E-state index contributed by atoms with van der Waals surface area (Å²) in [7, 11) is 6.18. The predicted octanol–water partition coefficient (Wildman–Crippen LogP) is 1.83. The molecule has 0 bridgehead atoms. The van der Waals surface area contributed by atoms with Crippen LogP contribution in [0.25, 0.3) is 0 Å². The van der Waals surface area contributed by atoms with Gasteiger partial charge in [-0.3, -0.25) is 0 Å². The Bertz CT molecular complexity index is 377. The highest BCUT2D eigenvalue weighted by Crippen LogP contribution is 2.19. The maximum atomic E-state index is 10.3. The van der Waals surface area contributed by atoms with Crippen LogP contribution in [0.15, 0.2) is 18.2 Å². The lowest BCUT2D eigenvalue weighted by atomic mass is 10.0. The second-order valence-corrected chi connectivity index (χ2v) is 5.44. The zero-order valence-corrected chi connectivity index (χ0v) is 12.3. The lowest BCUT2D eigenvalue weighted by Crippen LogP contribution is -2.31. The van der Waals surface area contributed by atoms with Crippen LogP contribution in [0.3, 0.4) is 0 Å². The molecule has 3 heteroatoms. The quantitative estimate of drug-likeness (QED) is 0.834. The van der Waals surface area contributed by atoms with Crippen LogP contribution in [-0.4, -0.2) is 55.7 Å². The molecule has 1 N–H and O–H groups in total. The van der Waals surface area contributed by atoms with E-state index in [1.807, 2.05) is 6.07 Å². The summed E-state index contributed by atoms with van der Waals surface area (Å²) < 4.78 is 0. The largest absolute Gasteiger partial charge is 0.387 e. The summed E-state index contributed by atoms with van der Waals surface area (Å²) in [4.78, 5) is 4.32. The van der Waals surface area contributed by atoms with Crippen LogP contribution in [-0.2, 0) is 0 Å². The zero-order chi connectivity index (χ0) is 13.7. The maximum Gasteiger partial charge on any atom is 0.0919 e. The van der Waals surface area contributed by atoms with Gasteiger partial charge in [-0.15, -0.1) is 0 Å². The maximum absolute atomic E-state index is 10.3. The molecule has 0 aromatic heterocycles. The lowest BCUT2D eigenvalue weighted by molar-refractivity contribution is 0.122. The SMILES string of the molecule is Cc1ccc(C(O)CN(C)CCN(C)C)c(C)c1. The standard InChI is InChI=1S/C15H26N2O/c1-12-6-7-14(13(2)10-12)15(18)11-17(5)9-8-16(3)4/h6-7,10,15,18H,8-9,11H2,1-5H3. The van der Waals surface area contributed by atoms with Crippen molar-refractivity contribution in [1.82, 2.24) is 9.80 Å². The zero-order valence-electron chi connectivity index (χ0n) is 12.3. The molecule has 102 valence electrons. The second-order valence-electron chi connectivity index (χ2n) is 5.44. The Morgan fingerprint density at radius 2 is 1.78 bits per heavy atom. The minimum Gasteiger partial charge on any atom is -0.387 e.